The van der Waals surface area contributed by atoms with Crippen molar-refractivity contribution in [3.8, 4) is 0 Å². The average molecular weight is 231 g/mol. The Morgan fingerprint density at radius 1 is 1.41 bits per heavy atom. The Morgan fingerprint density at radius 3 is 2.82 bits per heavy atom. The van der Waals surface area contributed by atoms with Gasteiger partial charge in [0.15, 0.2) is 5.82 Å². The van der Waals surface area contributed by atoms with Crippen LogP contribution in [0.2, 0.25) is 0 Å². The first-order valence-corrected chi connectivity index (χ1v) is 5.30. The third-order valence-corrected chi connectivity index (χ3v) is 2.24. The quantitative estimate of drug-likeness (QED) is 0.876. The zero-order valence-corrected chi connectivity index (χ0v) is 9.73. The zero-order valence-electron chi connectivity index (χ0n) is 9.73. The maximum absolute atomic E-state index is 11.1. The number of aryl methyl sites for hydroxylation is 1. The fourth-order valence-electron chi connectivity index (χ4n) is 1.56. The van der Waals surface area contributed by atoms with Crippen LogP contribution in [0.25, 0.3) is 0 Å². The molecule has 1 aromatic heterocycles. The number of benzene rings is 1. The monoisotopic (exact) mass is 231 g/mol. The number of carbonyl (C=O) groups is 1. The number of amides is 1. The molecule has 0 aliphatic heterocycles. The van der Waals surface area contributed by atoms with Gasteiger partial charge in [-0.05, 0) is 18.6 Å². The minimum Gasteiger partial charge on any atom is -0.339 e. The molecule has 0 fully saturated rings. The molecule has 5 heteroatoms. The summed E-state index contributed by atoms with van der Waals surface area (Å²) in [6, 6.07) is 7.54. The molecule has 0 spiro atoms. The van der Waals surface area contributed by atoms with E-state index in [2.05, 4.69) is 15.5 Å². The lowest BCUT2D eigenvalue weighted by molar-refractivity contribution is -0.114. The lowest BCUT2D eigenvalue weighted by atomic mass is 10.1. The van der Waals surface area contributed by atoms with E-state index in [0.717, 1.165) is 11.3 Å². The van der Waals surface area contributed by atoms with E-state index >= 15 is 0 Å². The predicted molar refractivity (Wildman–Crippen MR) is 62.6 cm³/mol. The van der Waals surface area contributed by atoms with Crippen LogP contribution in [-0.2, 0) is 11.2 Å². The molecule has 2 aromatic rings. The number of anilines is 1. The Bertz CT molecular complexity index is 534. The predicted octanol–water partition coefficient (Wildman–Crippen LogP) is 1.93. The largest absolute Gasteiger partial charge is 0.339 e. The van der Waals surface area contributed by atoms with Crippen LogP contribution < -0.4 is 5.32 Å². The lowest BCUT2D eigenvalue weighted by Crippen LogP contribution is -2.08. The molecule has 1 N–H and O–H groups in total. The molecule has 0 saturated carbocycles. The summed E-state index contributed by atoms with van der Waals surface area (Å²) < 4.78 is 5.05. The maximum atomic E-state index is 11.1. The number of hydrogen-bond acceptors (Lipinski definition) is 4. The van der Waals surface area contributed by atoms with Gasteiger partial charge in [-0.15, -0.1) is 0 Å². The zero-order chi connectivity index (χ0) is 12.3. The molecule has 2 rings (SSSR count). The fourth-order valence-corrected chi connectivity index (χ4v) is 1.56. The van der Waals surface area contributed by atoms with Crippen LogP contribution in [0, 0.1) is 6.92 Å². The Balaban J connectivity index is 2.23. The summed E-state index contributed by atoms with van der Waals surface area (Å²) >= 11 is 0. The van der Waals surface area contributed by atoms with Crippen molar-refractivity contribution in [3.63, 3.8) is 0 Å². The molecule has 5 nitrogen and oxygen atoms in total. The SMILES string of the molecule is CC(=O)Nc1ccccc1Cc1nc(C)no1. The Hall–Kier alpha value is -2.17. The van der Waals surface area contributed by atoms with E-state index in [1.807, 2.05) is 24.3 Å². The minimum absolute atomic E-state index is 0.0980. The Labute approximate surface area is 98.8 Å². The van der Waals surface area contributed by atoms with Crippen LogP contribution in [0.1, 0.15) is 24.2 Å². The molecule has 0 bridgehead atoms. The van der Waals surface area contributed by atoms with E-state index in [4.69, 9.17) is 4.52 Å². The molecule has 88 valence electrons. The normalized spacial score (nSPS) is 10.2. The van der Waals surface area contributed by atoms with Gasteiger partial charge in [0, 0.05) is 12.6 Å². The van der Waals surface area contributed by atoms with Crippen LogP contribution in [0.15, 0.2) is 28.8 Å². The molecular weight excluding hydrogens is 218 g/mol. The molecule has 0 aliphatic rings. The van der Waals surface area contributed by atoms with E-state index in [1.54, 1.807) is 6.92 Å². The summed E-state index contributed by atoms with van der Waals surface area (Å²) in [4.78, 5) is 15.2. The topological polar surface area (TPSA) is 68.0 Å². The van der Waals surface area contributed by atoms with Gasteiger partial charge in [-0.1, -0.05) is 23.4 Å². The van der Waals surface area contributed by atoms with Crippen LogP contribution in [-0.4, -0.2) is 16.0 Å². The second-order valence-electron chi connectivity index (χ2n) is 3.75. The van der Waals surface area contributed by atoms with Crippen LogP contribution in [0.3, 0.4) is 0 Å². The molecule has 0 unspecified atom stereocenters. The van der Waals surface area contributed by atoms with E-state index in [-0.39, 0.29) is 5.91 Å². The summed E-state index contributed by atoms with van der Waals surface area (Å²) in [7, 11) is 0. The molecule has 0 aliphatic carbocycles. The standard InChI is InChI=1S/C12H13N3O2/c1-8-13-12(17-15-8)7-10-5-3-4-6-11(10)14-9(2)16/h3-6H,7H2,1-2H3,(H,14,16). The molecule has 0 radical (unpaired) electrons. The second-order valence-corrected chi connectivity index (χ2v) is 3.75. The highest BCUT2D eigenvalue weighted by molar-refractivity contribution is 5.89. The highest BCUT2D eigenvalue weighted by Gasteiger charge is 2.08. The van der Waals surface area contributed by atoms with Crippen molar-refractivity contribution in [2.75, 3.05) is 5.32 Å². The number of aromatic nitrogens is 2. The fraction of sp³-hybridized carbons (Fsp3) is 0.250. The van der Waals surface area contributed by atoms with Crippen molar-refractivity contribution in [1.29, 1.82) is 0 Å². The third-order valence-electron chi connectivity index (χ3n) is 2.24. The summed E-state index contributed by atoms with van der Waals surface area (Å²) in [5, 5.41) is 6.50. The summed E-state index contributed by atoms with van der Waals surface area (Å²) in [6.45, 7) is 3.25. The van der Waals surface area contributed by atoms with Gasteiger partial charge in [-0.2, -0.15) is 4.98 Å². The minimum atomic E-state index is -0.0980. The Morgan fingerprint density at radius 2 is 2.18 bits per heavy atom. The van der Waals surface area contributed by atoms with Crippen LogP contribution in [0.5, 0.6) is 0 Å². The average Bonchev–Trinajstić information content (AvgIpc) is 2.66. The smallest absolute Gasteiger partial charge is 0.231 e. The van der Waals surface area contributed by atoms with Crippen molar-refractivity contribution in [2.24, 2.45) is 0 Å². The Kier molecular flexibility index (Phi) is 3.18. The number of nitrogens with zero attached hydrogens (tertiary/aromatic N) is 2. The maximum Gasteiger partial charge on any atom is 0.231 e. The highest BCUT2D eigenvalue weighted by Crippen LogP contribution is 2.18. The van der Waals surface area contributed by atoms with Crippen molar-refractivity contribution < 1.29 is 9.32 Å². The van der Waals surface area contributed by atoms with E-state index in [1.165, 1.54) is 6.92 Å². The first-order valence-electron chi connectivity index (χ1n) is 5.30. The molecule has 0 atom stereocenters. The first kappa shape index (κ1) is 11.3. The van der Waals surface area contributed by atoms with Gasteiger partial charge in [-0.3, -0.25) is 4.79 Å². The van der Waals surface area contributed by atoms with Crippen molar-refractivity contribution in [3.05, 3.63) is 41.5 Å². The number of hydrogen-bond donors (Lipinski definition) is 1. The van der Waals surface area contributed by atoms with Crippen molar-refractivity contribution >= 4 is 11.6 Å². The van der Waals surface area contributed by atoms with Crippen LogP contribution >= 0.6 is 0 Å². The van der Waals surface area contributed by atoms with Crippen molar-refractivity contribution in [2.45, 2.75) is 20.3 Å². The van der Waals surface area contributed by atoms with Gasteiger partial charge < -0.3 is 9.84 Å². The number of para-hydroxylation sites is 1. The molecule has 1 amide bonds. The highest BCUT2D eigenvalue weighted by atomic mass is 16.5. The number of rotatable bonds is 3. The third kappa shape index (κ3) is 2.90. The number of carbonyl (C=O) groups excluding carboxylic acids is 1. The molecule has 1 heterocycles. The summed E-state index contributed by atoms with van der Waals surface area (Å²) in [5.41, 5.74) is 1.72. The van der Waals surface area contributed by atoms with Gasteiger partial charge in [0.05, 0.1) is 6.42 Å². The first-order chi connectivity index (χ1) is 8.15. The van der Waals surface area contributed by atoms with Crippen LogP contribution in [0.4, 0.5) is 5.69 Å². The van der Waals surface area contributed by atoms with E-state index in [0.29, 0.717) is 18.1 Å². The summed E-state index contributed by atoms with van der Waals surface area (Å²) in [6.07, 6.45) is 0.511. The van der Waals surface area contributed by atoms with Gasteiger partial charge in [0.25, 0.3) is 0 Å². The van der Waals surface area contributed by atoms with Gasteiger partial charge in [0.2, 0.25) is 11.8 Å². The second kappa shape index (κ2) is 4.78. The van der Waals surface area contributed by atoms with Gasteiger partial charge >= 0.3 is 0 Å². The van der Waals surface area contributed by atoms with Gasteiger partial charge in [0.1, 0.15) is 0 Å². The van der Waals surface area contributed by atoms with E-state index in [9.17, 15) is 4.79 Å². The molecule has 1 aromatic carbocycles. The van der Waals surface area contributed by atoms with Gasteiger partial charge in [-0.25, -0.2) is 0 Å². The van der Waals surface area contributed by atoms with Crippen molar-refractivity contribution in [1.82, 2.24) is 10.1 Å². The molecular formula is C12H13N3O2. The summed E-state index contributed by atoms with van der Waals surface area (Å²) in [5.74, 6) is 1.05. The molecule has 0 saturated heterocycles. The number of nitrogens with one attached hydrogen (secondary N) is 1. The van der Waals surface area contributed by atoms with E-state index < -0.39 is 0 Å². The molecule has 17 heavy (non-hydrogen) atoms. The lowest BCUT2D eigenvalue weighted by Gasteiger charge is -2.07.